The second-order valence-electron chi connectivity index (χ2n) is 3.33. The summed E-state index contributed by atoms with van der Waals surface area (Å²) >= 11 is 6.08. The van der Waals surface area contributed by atoms with Gasteiger partial charge >= 0.3 is 0 Å². The summed E-state index contributed by atoms with van der Waals surface area (Å²) in [6.07, 6.45) is 3.41. The minimum Gasteiger partial charge on any atom is -0.268 e. The van der Waals surface area contributed by atoms with Gasteiger partial charge in [-0.05, 0) is 17.7 Å². The van der Waals surface area contributed by atoms with E-state index >= 15 is 0 Å². The van der Waals surface area contributed by atoms with E-state index in [-0.39, 0.29) is 0 Å². The summed E-state index contributed by atoms with van der Waals surface area (Å²) in [5, 5.41) is 0.520. The Balaban J connectivity index is 2.09. The minimum absolute atomic E-state index is 0.520. The number of aromatic nitrogens is 1. The molecule has 80 valence electrons. The monoisotopic (exact) mass is 230 g/mol. The molecule has 0 aliphatic carbocycles. The summed E-state index contributed by atoms with van der Waals surface area (Å²) in [6, 6.07) is 13.7. The molecular weight excluding hydrogens is 220 g/mol. The molecule has 16 heavy (non-hydrogen) atoms. The molecule has 0 fully saturated rings. The molecule has 2 rings (SSSR count). The molecule has 0 aliphatic heterocycles. The van der Waals surface area contributed by atoms with Gasteiger partial charge in [0.15, 0.2) is 0 Å². The first kappa shape index (κ1) is 10.8. The Morgan fingerprint density at radius 3 is 2.44 bits per heavy atom. The first-order valence-corrected chi connectivity index (χ1v) is 5.38. The van der Waals surface area contributed by atoms with E-state index in [1.807, 2.05) is 42.5 Å². The molecule has 0 N–H and O–H groups in total. The van der Waals surface area contributed by atoms with E-state index in [2.05, 4.69) is 9.98 Å². The van der Waals surface area contributed by atoms with Crippen molar-refractivity contribution in [2.24, 2.45) is 4.99 Å². The summed E-state index contributed by atoms with van der Waals surface area (Å²) in [5.74, 6) is 0. The molecule has 0 radical (unpaired) electrons. The molecule has 0 spiro atoms. The van der Waals surface area contributed by atoms with Crippen LogP contribution in [0.2, 0.25) is 0 Å². The van der Waals surface area contributed by atoms with Crippen molar-refractivity contribution in [2.45, 2.75) is 6.54 Å². The van der Waals surface area contributed by atoms with Gasteiger partial charge < -0.3 is 0 Å². The van der Waals surface area contributed by atoms with Gasteiger partial charge in [-0.1, -0.05) is 41.9 Å². The predicted molar refractivity (Wildman–Crippen MR) is 66.8 cm³/mol. The number of hydrogen-bond donors (Lipinski definition) is 0. The summed E-state index contributed by atoms with van der Waals surface area (Å²) in [5.41, 5.74) is 2.04. The van der Waals surface area contributed by atoms with Crippen LogP contribution in [0.5, 0.6) is 0 Å². The van der Waals surface area contributed by atoms with Crippen molar-refractivity contribution in [3.8, 4) is 0 Å². The fourth-order valence-electron chi connectivity index (χ4n) is 1.32. The topological polar surface area (TPSA) is 25.2 Å². The highest BCUT2D eigenvalue weighted by atomic mass is 35.5. The lowest BCUT2D eigenvalue weighted by atomic mass is 10.2. The van der Waals surface area contributed by atoms with Crippen molar-refractivity contribution in [1.82, 2.24) is 4.98 Å². The normalized spacial score (nSPS) is 11.4. The Hall–Kier alpha value is -1.67. The number of halogens is 1. The fourth-order valence-corrected chi connectivity index (χ4v) is 1.51. The van der Waals surface area contributed by atoms with Crippen LogP contribution in [0.25, 0.3) is 0 Å². The van der Waals surface area contributed by atoms with E-state index in [1.165, 1.54) is 0 Å². The highest BCUT2D eigenvalue weighted by Gasteiger charge is 1.97. The van der Waals surface area contributed by atoms with Crippen LogP contribution in [-0.2, 0) is 6.54 Å². The first-order valence-electron chi connectivity index (χ1n) is 5.00. The van der Waals surface area contributed by atoms with Crippen molar-refractivity contribution in [2.75, 3.05) is 0 Å². The third-order valence-electron chi connectivity index (χ3n) is 2.16. The molecule has 1 aromatic carbocycles. The van der Waals surface area contributed by atoms with Crippen LogP contribution in [0.15, 0.2) is 59.9 Å². The lowest BCUT2D eigenvalue weighted by Crippen LogP contribution is -1.92. The van der Waals surface area contributed by atoms with Gasteiger partial charge in [0.1, 0.15) is 5.17 Å². The zero-order chi connectivity index (χ0) is 11.2. The Morgan fingerprint density at radius 2 is 1.75 bits per heavy atom. The molecule has 1 heterocycles. The zero-order valence-electron chi connectivity index (χ0n) is 8.68. The maximum atomic E-state index is 6.08. The van der Waals surface area contributed by atoms with Crippen LogP contribution in [0.4, 0.5) is 0 Å². The molecule has 2 nitrogen and oxygen atoms in total. The smallest absolute Gasteiger partial charge is 0.131 e. The second kappa shape index (κ2) is 5.42. The molecular formula is C13H11ClN2. The molecule has 2 aromatic rings. The molecule has 0 bridgehead atoms. The van der Waals surface area contributed by atoms with Crippen molar-refractivity contribution >= 4 is 16.8 Å². The van der Waals surface area contributed by atoms with Crippen LogP contribution >= 0.6 is 11.6 Å². The number of benzene rings is 1. The number of aliphatic imine (C=N–C) groups is 1. The van der Waals surface area contributed by atoms with Crippen molar-refractivity contribution in [3.63, 3.8) is 0 Å². The van der Waals surface area contributed by atoms with E-state index in [9.17, 15) is 0 Å². The Labute approximate surface area is 99.6 Å². The van der Waals surface area contributed by atoms with Crippen LogP contribution < -0.4 is 0 Å². The van der Waals surface area contributed by atoms with Gasteiger partial charge in [-0.25, -0.2) is 0 Å². The van der Waals surface area contributed by atoms with Crippen LogP contribution in [0.1, 0.15) is 11.1 Å². The third-order valence-corrected chi connectivity index (χ3v) is 2.50. The largest absolute Gasteiger partial charge is 0.268 e. The van der Waals surface area contributed by atoms with E-state index in [1.54, 1.807) is 12.4 Å². The quantitative estimate of drug-likeness (QED) is 0.743. The van der Waals surface area contributed by atoms with Crippen molar-refractivity contribution in [3.05, 3.63) is 66.0 Å². The van der Waals surface area contributed by atoms with Gasteiger partial charge in [-0.2, -0.15) is 0 Å². The number of rotatable bonds is 3. The van der Waals surface area contributed by atoms with E-state index in [0.29, 0.717) is 11.7 Å². The average Bonchev–Trinajstić information content (AvgIpc) is 2.38. The summed E-state index contributed by atoms with van der Waals surface area (Å²) in [6.45, 7) is 0.599. The molecule has 0 unspecified atom stereocenters. The molecule has 0 atom stereocenters. The minimum atomic E-state index is 0.520. The number of hydrogen-bond acceptors (Lipinski definition) is 2. The van der Waals surface area contributed by atoms with Crippen LogP contribution in [-0.4, -0.2) is 10.2 Å². The average molecular weight is 231 g/mol. The number of pyridine rings is 1. The Bertz CT molecular complexity index is 466. The fraction of sp³-hybridized carbons (Fsp3) is 0.0769. The SMILES string of the molecule is ClC(=NCc1ccccc1)c1ccncc1. The third kappa shape index (κ3) is 2.91. The molecule has 0 amide bonds. The maximum Gasteiger partial charge on any atom is 0.131 e. The van der Waals surface area contributed by atoms with Gasteiger partial charge in [0.25, 0.3) is 0 Å². The van der Waals surface area contributed by atoms with Crippen LogP contribution in [0, 0.1) is 0 Å². The summed E-state index contributed by atoms with van der Waals surface area (Å²) in [7, 11) is 0. The van der Waals surface area contributed by atoms with E-state index in [4.69, 9.17) is 11.6 Å². The molecule has 1 aromatic heterocycles. The summed E-state index contributed by atoms with van der Waals surface area (Å²) < 4.78 is 0. The standard InChI is InChI=1S/C13H11ClN2/c14-13(12-6-8-15-9-7-12)16-10-11-4-2-1-3-5-11/h1-9H,10H2. The molecule has 0 aliphatic rings. The maximum absolute atomic E-state index is 6.08. The molecule has 3 heteroatoms. The van der Waals surface area contributed by atoms with Crippen molar-refractivity contribution in [1.29, 1.82) is 0 Å². The first-order chi connectivity index (χ1) is 7.86. The predicted octanol–water partition coefficient (Wildman–Crippen LogP) is 3.27. The molecule has 0 saturated heterocycles. The van der Waals surface area contributed by atoms with Gasteiger partial charge in [0, 0.05) is 18.0 Å². The Morgan fingerprint density at radius 1 is 1.06 bits per heavy atom. The second-order valence-corrected chi connectivity index (χ2v) is 3.69. The van der Waals surface area contributed by atoms with Gasteiger partial charge in [-0.3, -0.25) is 9.98 Å². The highest BCUT2D eigenvalue weighted by Crippen LogP contribution is 2.06. The number of nitrogens with zero attached hydrogens (tertiary/aromatic N) is 2. The highest BCUT2D eigenvalue weighted by molar-refractivity contribution is 6.69. The Kier molecular flexibility index (Phi) is 3.67. The van der Waals surface area contributed by atoms with Crippen LogP contribution in [0.3, 0.4) is 0 Å². The van der Waals surface area contributed by atoms with Crippen molar-refractivity contribution < 1.29 is 0 Å². The van der Waals surface area contributed by atoms with Gasteiger partial charge in [0.2, 0.25) is 0 Å². The zero-order valence-corrected chi connectivity index (χ0v) is 9.43. The lowest BCUT2D eigenvalue weighted by molar-refractivity contribution is 1.07. The molecule has 0 saturated carbocycles. The van der Waals surface area contributed by atoms with E-state index in [0.717, 1.165) is 11.1 Å². The van der Waals surface area contributed by atoms with E-state index < -0.39 is 0 Å². The van der Waals surface area contributed by atoms with Gasteiger partial charge in [0.05, 0.1) is 6.54 Å². The summed E-state index contributed by atoms with van der Waals surface area (Å²) in [4.78, 5) is 8.25. The van der Waals surface area contributed by atoms with Gasteiger partial charge in [-0.15, -0.1) is 0 Å². The lowest BCUT2D eigenvalue weighted by Gasteiger charge is -1.98.